The van der Waals surface area contributed by atoms with Crippen LogP contribution < -0.4 is 0 Å². The lowest BCUT2D eigenvalue weighted by molar-refractivity contribution is -0.157. The first-order valence-electron chi connectivity index (χ1n) is 20.2. The number of carbonyl (C=O) groups is 2. The van der Waals surface area contributed by atoms with Crippen molar-refractivity contribution in [3.8, 4) is 0 Å². The van der Waals surface area contributed by atoms with Crippen LogP contribution in [0.5, 0.6) is 0 Å². The minimum atomic E-state index is -0.833. The molecule has 4 nitrogen and oxygen atoms in total. The van der Waals surface area contributed by atoms with E-state index in [1.807, 2.05) is 6.92 Å². The van der Waals surface area contributed by atoms with Crippen molar-refractivity contribution >= 4 is 11.9 Å². The van der Waals surface area contributed by atoms with Gasteiger partial charge < -0.3 is 9.84 Å². The van der Waals surface area contributed by atoms with E-state index in [0.29, 0.717) is 6.61 Å². The van der Waals surface area contributed by atoms with Crippen LogP contribution >= 0.6 is 0 Å². The highest BCUT2D eigenvalue weighted by Crippen LogP contribution is 2.39. The smallest absolute Gasteiger partial charge is 0.312 e. The number of hydrogen-bond donors (Lipinski definition) is 1. The molecule has 0 aromatic rings. The zero-order chi connectivity index (χ0) is 33.9. The second-order valence-electron chi connectivity index (χ2n) is 14.1. The molecule has 0 aliphatic rings. The Morgan fingerprint density at radius 1 is 0.489 bits per heavy atom. The van der Waals surface area contributed by atoms with Gasteiger partial charge >= 0.3 is 5.97 Å². The topological polar surface area (TPSA) is 63.6 Å². The molecule has 0 saturated heterocycles. The van der Waals surface area contributed by atoms with E-state index in [1.54, 1.807) is 0 Å². The standard InChI is InChI=1S/C39H78O2.C2H4O2/c1-6-11-15-19-25-31-37(32-26-20-16-12-7-2)33-27-21-24-30-36-39(38(40)41-10-5,34-28-22-17-13-8-3)35-29-23-18-14-9-4;1-2(3)4/h37H,6-36H2,1-5H3;1H3,(H,3,4). The lowest BCUT2D eigenvalue weighted by Gasteiger charge is -2.32. The van der Waals surface area contributed by atoms with Crippen LogP contribution in [0.4, 0.5) is 0 Å². The first-order chi connectivity index (χ1) is 21.8. The molecular weight excluding hydrogens is 556 g/mol. The largest absolute Gasteiger partial charge is 0.481 e. The van der Waals surface area contributed by atoms with E-state index in [-0.39, 0.29) is 11.4 Å². The summed E-state index contributed by atoms with van der Waals surface area (Å²) in [4.78, 5) is 22.4. The van der Waals surface area contributed by atoms with Crippen LogP contribution in [0.1, 0.15) is 234 Å². The van der Waals surface area contributed by atoms with E-state index in [2.05, 4.69) is 27.7 Å². The molecule has 0 rings (SSSR count). The Morgan fingerprint density at radius 2 is 0.756 bits per heavy atom. The Kier molecular flexibility index (Phi) is 36.6. The van der Waals surface area contributed by atoms with Gasteiger partial charge in [0.05, 0.1) is 12.0 Å². The quantitative estimate of drug-likeness (QED) is 0.0574. The summed E-state index contributed by atoms with van der Waals surface area (Å²) in [6, 6.07) is 0. The highest BCUT2D eigenvalue weighted by Gasteiger charge is 2.38. The van der Waals surface area contributed by atoms with Crippen molar-refractivity contribution in [1.82, 2.24) is 0 Å². The van der Waals surface area contributed by atoms with Gasteiger partial charge in [-0.25, -0.2) is 0 Å². The van der Waals surface area contributed by atoms with E-state index in [1.165, 1.54) is 173 Å². The molecule has 1 N–H and O–H groups in total. The van der Waals surface area contributed by atoms with Gasteiger partial charge in [0.1, 0.15) is 0 Å². The third-order valence-corrected chi connectivity index (χ3v) is 9.68. The fourth-order valence-electron chi connectivity index (χ4n) is 6.86. The molecule has 0 bridgehead atoms. The molecule has 0 aromatic heterocycles. The van der Waals surface area contributed by atoms with Gasteiger partial charge in [-0.05, 0) is 32.1 Å². The molecule has 45 heavy (non-hydrogen) atoms. The normalized spacial score (nSPS) is 11.4. The summed E-state index contributed by atoms with van der Waals surface area (Å²) in [5.41, 5.74) is -0.228. The molecule has 0 saturated carbocycles. The molecule has 0 spiro atoms. The minimum Gasteiger partial charge on any atom is -0.481 e. The predicted octanol–water partition coefficient (Wildman–Crippen LogP) is 14.0. The van der Waals surface area contributed by atoms with Crippen LogP contribution in [-0.4, -0.2) is 23.7 Å². The Hall–Kier alpha value is -1.06. The third kappa shape index (κ3) is 31.3. The first kappa shape index (κ1) is 46.1. The third-order valence-electron chi connectivity index (χ3n) is 9.68. The van der Waals surface area contributed by atoms with Gasteiger partial charge in [0, 0.05) is 6.92 Å². The zero-order valence-electron chi connectivity index (χ0n) is 31.7. The molecule has 4 heteroatoms. The molecule has 0 unspecified atom stereocenters. The van der Waals surface area contributed by atoms with Gasteiger partial charge in [0.15, 0.2) is 0 Å². The number of hydrogen-bond acceptors (Lipinski definition) is 3. The maximum absolute atomic E-state index is 13.4. The zero-order valence-corrected chi connectivity index (χ0v) is 31.7. The lowest BCUT2D eigenvalue weighted by Crippen LogP contribution is -2.33. The number of aliphatic carboxylic acids is 1. The molecule has 0 atom stereocenters. The Bertz CT molecular complexity index is 585. The van der Waals surface area contributed by atoms with Crippen LogP contribution in [0.15, 0.2) is 0 Å². The Morgan fingerprint density at radius 3 is 1.02 bits per heavy atom. The maximum atomic E-state index is 13.4. The van der Waals surface area contributed by atoms with E-state index in [9.17, 15) is 4.79 Å². The number of rotatable bonds is 33. The van der Waals surface area contributed by atoms with Crippen LogP contribution in [0.3, 0.4) is 0 Å². The summed E-state index contributed by atoms with van der Waals surface area (Å²) in [5, 5.41) is 7.42. The van der Waals surface area contributed by atoms with E-state index in [0.717, 1.165) is 32.1 Å². The second-order valence-corrected chi connectivity index (χ2v) is 14.1. The van der Waals surface area contributed by atoms with E-state index < -0.39 is 5.97 Å². The van der Waals surface area contributed by atoms with E-state index >= 15 is 0 Å². The minimum absolute atomic E-state index is 0.122. The molecule has 0 aromatic carbocycles. The van der Waals surface area contributed by atoms with Crippen LogP contribution in [0, 0.1) is 11.3 Å². The molecule has 0 amide bonds. The van der Waals surface area contributed by atoms with Crippen molar-refractivity contribution in [1.29, 1.82) is 0 Å². The highest BCUT2D eigenvalue weighted by atomic mass is 16.5. The average molecular weight is 639 g/mol. The molecule has 0 radical (unpaired) electrons. The monoisotopic (exact) mass is 639 g/mol. The second kappa shape index (κ2) is 35.8. The van der Waals surface area contributed by atoms with Gasteiger partial charge in [-0.1, -0.05) is 201 Å². The highest BCUT2D eigenvalue weighted by molar-refractivity contribution is 5.76. The van der Waals surface area contributed by atoms with Crippen molar-refractivity contribution < 1.29 is 19.4 Å². The number of carboxylic acids is 1. The van der Waals surface area contributed by atoms with Crippen molar-refractivity contribution in [3.63, 3.8) is 0 Å². The molecular formula is C41H82O4. The fourth-order valence-corrected chi connectivity index (χ4v) is 6.86. The number of carbonyl (C=O) groups excluding carboxylic acids is 1. The summed E-state index contributed by atoms with van der Waals surface area (Å²) in [7, 11) is 0. The molecule has 0 aliphatic carbocycles. The number of esters is 1. The van der Waals surface area contributed by atoms with Crippen LogP contribution in [-0.2, 0) is 14.3 Å². The molecule has 0 heterocycles. The summed E-state index contributed by atoms with van der Waals surface area (Å²) in [6.45, 7) is 12.8. The summed E-state index contributed by atoms with van der Waals surface area (Å²) >= 11 is 0. The van der Waals surface area contributed by atoms with Gasteiger partial charge in [-0.15, -0.1) is 0 Å². The molecule has 0 aliphatic heterocycles. The van der Waals surface area contributed by atoms with Crippen molar-refractivity contribution in [2.24, 2.45) is 11.3 Å². The van der Waals surface area contributed by atoms with Crippen molar-refractivity contribution in [3.05, 3.63) is 0 Å². The predicted molar refractivity (Wildman–Crippen MR) is 197 cm³/mol. The molecule has 270 valence electrons. The number of unbranched alkanes of at least 4 members (excludes halogenated alkanes) is 19. The Balaban J connectivity index is 0. The Labute approximate surface area is 283 Å². The number of carboxylic acid groups (broad SMARTS) is 1. The lowest BCUT2D eigenvalue weighted by atomic mass is 9.74. The van der Waals surface area contributed by atoms with Crippen molar-refractivity contribution in [2.45, 2.75) is 234 Å². The first-order valence-corrected chi connectivity index (χ1v) is 20.2. The maximum Gasteiger partial charge on any atom is 0.312 e. The summed E-state index contributed by atoms with van der Waals surface area (Å²) in [6.07, 6.45) is 39.5. The SMILES string of the molecule is CC(=O)O.CCCCCCCC(CCCCCCC)CCCCCCC(CCCCCCC)(CCCCCCC)C(=O)OCC. The van der Waals surface area contributed by atoms with Crippen molar-refractivity contribution in [2.75, 3.05) is 6.61 Å². The average Bonchev–Trinajstić information content (AvgIpc) is 3.01. The molecule has 0 fully saturated rings. The van der Waals surface area contributed by atoms with Gasteiger partial charge in [-0.2, -0.15) is 0 Å². The van der Waals surface area contributed by atoms with Crippen LogP contribution in [0.25, 0.3) is 0 Å². The summed E-state index contributed by atoms with van der Waals surface area (Å²) < 4.78 is 5.76. The van der Waals surface area contributed by atoms with Gasteiger partial charge in [0.2, 0.25) is 0 Å². The summed E-state index contributed by atoms with van der Waals surface area (Å²) in [5.74, 6) is 0.236. The fraction of sp³-hybridized carbons (Fsp3) is 0.951. The van der Waals surface area contributed by atoms with E-state index in [4.69, 9.17) is 14.6 Å². The van der Waals surface area contributed by atoms with Gasteiger partial charge in [-0.3, -0.25) is 9.59 Å². The van der Waals surface area contributed by atoms with Gasteiger partial charge in [0.25, 0.3) is 5.97 Å². The van der Waals surface area contributed by atoms with Crippen LogP contribution in [0.2, 0.25) is 0 Å². The number of ether oxygens (including phenoxy) is 1.